The van der Waals surface area contributed by atoms with E-state index < -0.39 is 4.92 Å². The SMILES string of the molecule is COc1ncc(C2=CCCN([B]C=O)C2)cc1[N+](=O)[O-]. The Morgan fingerprint density at radius 1 is 1.60 bits per heavy atom. The fourth-order valence-corrected chi connectivity index (χ4v) is 2.09. The number of methoxy groups -OCH3 is 1. The maximum absolute atomic E-state index is 11.0. The van der Waals surface area contributed by atoms with Crippen LogP contribution in [0.5, 0.6) is 5.88 Å². The van der Waals surface area contributed by atoms with E-state index in [9.17, 15) is 14.9 Å². The molecule has 0 N–H and O–H groups in total. The van der Waals surface area contributed by atoms with Gasteiger partial charge in [0.05, 0.1) is 18.2 Å². The summed E-state index contributed by atoms with van der Waals surface area (Å²) in [4.78, 5) is 26.8. The van der Waals surface area contributed by atoms with Gasteiger partial charge in [-0.15, -0.1) is 0 Å². The molecule has 0 aromatic carbocycles. The number of aromatic nitrogens is 1. The summed E-state index contributed by atoms with van der Waals surface area (Å²) in [6, 6.07) is 1.45. The van der Waals surface area contributed by atoms with Crippen molar-refractivity contribution >= 4 is 24.9 Å². The third kappa shape index (κ3) is 3.02. The molecular weight excluding hydrogens is 261 g/mol. The quantitative estimate of drug-likeness (QED) is 0.343. The molecule has 1 aromatic rings. The lowest BCUT2D eigenvalue weighted by molar-refractivity contribution is -0.386. The first kappa shape index (κ1) is 14.2. The summed E-state index contributed by atoms with van der Waals surface area (Å²) in [5.41, 5.74) is 1.41. The van der Waals surface area contributed by atoms with Gasteiger partial charge in [0, 0.05) is 24.4 Å². The molecular formula is C12H13BN3O4. The summed E-state index contributed by atoms with van der Waals surface area (Å²) in [5.74, 6) is -0.00790. The number of hydrogen-bond donors (Lipinski definition) is 0. The van der Waals surface area contributed by atoms with Crippen LogP contribution in [0.3, 0.4) is 0 Å². The molecule has 0 unspecified atom stereocenters. The van der Waals surface area contributed by atoms with Crippen molar-refractivity contribution in [2.75, 3.05) is 20.2 Å². The van der Waals surface area contributed by atoms with Crippen LogP contribution in [-0.4, -0.2) is 48.5 Å². The highest BCUT2D eigenvalue weighted by Gasteiger charge is 2.20. The molecule has 0 spiro atoms. The van der Waals surface area contributed by atoms with Gasteiger partial charge >= 0.3 is 5.69 Å². The zero-order valence-electron chi connectivity index (χ0n) is 11.0. The molecule has 1 radical (unpaired) electrons. The van der Waals surface area contributed by atoms with Gasteiger partial charge in [-0.2, -0.15) is 0 Å². The van der Waals surface area contributed by atoms with Crippen molar-refractivity contribution in [2.24, 2.45) is 0 Å². The van der Waals surface area contributed by atoms with Crippen LogP contribution in [-0.2, 0) is 4.79 Å². The summed E-state index contributed by atoms with van der Waals surface area (Å²) in [6.07, 6.45) is 5.06. The van der Waals surface area contributed by atoms with Gasteiger partial charge in [-0.1, -0.05) is 6.08 Å². The number of nitrogens with zero attached hydrogens (tertiary/aromatic N) is 3. The van der Waals surface area contributed by atoms with Crippen LogP contribution >= 0.6 is 0 Å². The lowest BCUT2D eigenvalue weighted by Crippen LogP contribution is -2.33. The number of pyridine rings is 1. The van der Waals surface area contributed by atoms with Crippen molar-refractivity contribution in [1.82, 2.24) is 9.79 Å². The van der Waals surface area contributed by atoms with Crippen molar-refractivity contribution in [1.29, 1.82) is 0 Å². The first-order valence-electron chi connectivity index (χ1n) is 6.06. The second kappa shape index (κ2) is 6.29. The minimum atomic E-state index is -0.520. The van der Waals surface area contributed by atoms with Crippen molar-refractivity contribution in [3.05, 3.63) is 34.0 Å². The van der Waals surface area contributed by atoms with Crippen LogP contribution in [0.15, 0.2) is 18.3 Å². The average Bonchev–Trinajstić information content (AvgIpc) is 2.47. The minimum Gasteiger partial charge on any atom is -0.476 e. The summed E-state index contributed by atoms with van der Waals surface area (Å²) < 4.78 is 4.87. The van der Waals surface area contributed by atoms with E-state index in [1.165, 1.54) is 20.6 Å². The Hall–Kier alpha value is -2.22. The Bertz CT molecular complexity index is 562. The van der Waals surface area contributed by atoms with Gasteiger partial charge in [-0.3, -0.25) is 10.1 Å². The van der Waals surface area contributed by atoms with Crippen LogP contribution < -0.4 is 4.74 Å². The number of ether oxygens (including phenoxy) is 1. The van der Waals surface area contributed by atoms with Crippen molar-refractivity contribution in [3.63, 3.8) is 0 Å². The standard InChI is InChI=1S/C12H13BN3O4/c1-20-12-11(16(18)19)5-10(6-14-12)9-3-2-4-15(7-9)13-8-17/h3,5-6,8H,2,4,7H2,1H3. The second-order valence-electron chi connectivity index (χ2n) is 4.28. The number of nitro groups is 1. The highest BCUT2D eigenvalue weighted by atomic mass is 16.6. The summed E-state index contributed by atoms with van der Waals surface area (Å²) >= 11 is 0. The molecule has 1 aliphatic rings. The highest BCUT2D eigenvalue weighted by molar-refractivity contribution is 6.64. The molecule has 103 valence electrons. The molecule has 1 aromatic heterocycles. The van der Waals surface area contributed by atoms with Gasteiger partial charge < -0.3 is 14.3 Å². The van der Waals surface area contributed by atoms with Gasteiger partial charge in [0.25, 0.3) is 13.3 Å². The van der Waals surface area contributed by atoms with Crippen molar-refractivity contribution in [3.8, 4) is 5.88 Å². The summed E-state index contributed by atoms with van der Waals surface area (Å²) in [5, 5.41) is 11.0. The highest BCUT2D eigenvalue weighted by Crippen LogP contribution is 2.29. The Kier molecular flexibility index (Phi) is 4.47. The Morgan fingerprint density at radius 3 is 3.05 bits per heavy atom. The van der Waals surface area contributed by atoms with E-state index in [4.69, 9.17) is 4.74 Å². The predicted octanol–water partition coefficient (Wildman–Crippen LogP) is 0.897. The van der Waals surface area contributed by atoms with Crippen molar-refractivity contribution in [2.45, 2.75) is 6.42 Å². The zero-order chi connectivity index (χ0) is 14.5. The molecule has 0 amide bonds. The van der Waals surface area contributed by atoms with Crippen LogP contribution in [0.25, 0.3) is 5.57 Å². The zero-order valence-corrected chi connectivity index (χ0v) is 11.0. The van der Waals surface area contributed by atoms with Crippen LogP contribution in [0.4, 0.5) is 5.69 Å². The lowest BCUT2D eigenvalue weighted by Gasteiger charge is -2.25. The molecule has 1 aliphatic heterocycles. The molecule has 0 aliphatic carbocycles. The maximum Gasteiger partial charge on any atom is 0.331 e. The molecule has 0 saturated heterocycles. The van der Waals surface area contributed by atoms with E-state index in [0.29, 0.717) is 12.1 Å². The molecule has 7 nitrogen and oxygen atoms in total. The number of hydrogen-bond acceptors (Lipinski definition) is 6. The first-order valence-corrected chi connectivity index (χ1v) is 6.06. The van der Waals surface area contributed by atoms with Gasteiger partial charge in [0.2, 0.25) is 0 Å². The average molecular weight is 274 g/mol. The molecule has 2 rings (SSSR count). The second-order valence-corrected chi connectivity index (χ2v) is 4.28. The number of rotatable bonds is 5. The molecule has 0 fully saturated rings. The van der Waals surface area contributed by atoms with E-state index >= 15 is 0 Å². The van der Waals surface area contributed by atoms with Gasteiger partial charge in [-0.05, 0) is 18.5 Å². The maximum atomic E-state index is 11.0. The Balaban J connectivity index is 2.29. The molecule has 0 bridgehead atoms. The smallest absolute Gasteiger partial charge is 0.331 e. The fourth-order valence-electron chi connectivity index (χ4n) is 2.09. The molecule has 0 atom stereocenters. The monoisotopic (exact) mass is 274 g/mol. The number of carbonyl (C=O) groups excluding carboxylic acids is 1. The third-order valence-corrected chi connectivity index (χ3v) is 3.05. The molecule has 2 heterocycles. The van der Waals surface area contributed by atoms with Gasteiger partial charge in [0.15, 0.2) is 0 Å². The normalized spacial score (nSPS) is 15.3. The van der Waals surface area contributed by atoms with Gasteiger partial charge in [-0.25, -0.2) is 4.98 Å². The van der Waals surface area contributed by atoms with E-state index in [1.54, 1.807) is 6.20 Å². The Labute approximate surface area is 116 Å². The van der Waals surface area contributed by atoms with E-state index in [1.807, 2.05) is 10.9 Å². The minimum absolute atomic E-state index is 0.00790. The topological polar surface area (TPSA) is 85.6 Å². The fraction of sp³-hybridized carbons (Fsp3) is 0.333. The predicted molar refractivity (Wildman–Crippen MR) is 74.1 cm³/mol. The van der Waals surface area contributed by atoms with Crippen LogP contribution in [0, 0.1) is 10.1 Å². The van der Waals surface area contributed by atoms with Crippen LogP contribution in [0.2, 0.25) is 0 Å². The summed E-state index contributed by atoms with van der Waals surface area (Å²) in [7, 11) is 2.81. The Morgan fingerprint density at radius 2 is 2.40 bits per heavy atom. The largest absolute Gasteiger partial charge is 0.476 e. The van der Waals surface area contributed by atoms with E-state index in [0.717, 1.165) is 24.7 Å². The van der Waals surface area contributed by atoms with Crippen LogP contribution in [0.1, 0.15) is 12.0 Å². The third-order valence-electron chi connectivity index (χ3n) is 3.05. The van der Waals surface area contributed by atoms with Crippen molar-refractivity contribution < 1.29 is 14.5 Å². The number of carbonyl (C=O) groups is 1. The van der Waals surface area contributed by atoms with Gasteiger partial charge in [0.1, 0.15) is 0 Å². The molecule has 20 heavy (non-hydrogen) atoms. The first-order chi connectivity index (χ1) is 9.65. The van der Waals surface area contributed by atoms with E-state index in [-0.39, 0.29) is 11.6 Å². The molecule has 8 heteroatoms. The van der Waals surface area contributed by atoms with E-state index in [2.05, 4.69) is 4.98 Å². The molecule has 0 saturated carbocycles. The summed E-state index contributed by atoms with van der Waals surface area (Å²) in [6.45, 7) is 1.29. The lowest BCUT2D eigenvalue weighted by atomic mass is 9.89.